The molecule has 0 saturated carbocycles. The molecule has 1 aromatic carbocycles. The highest BCUT2D eigenvalue weighted by Crippen LogP contribution is 2.38. The van der Waals surface area contributed by atoms with Crippen LogP contribution in [0.1, 0.15) is 6.92 Å². The predicted octanol–water partition coefficient (Wildman–Crippen LogP) is 2.93. The van der Waals surface area contributed by atoms with Gasteiger partial charge in [0.15, 0.2) is 0 Å². The zero-order valence-electron chi connectivity index (χ0n) is 11.1. The van der Waals surface area contributed by atoms with Crippen LogP contribution in [0.4, 0.5) is 18.9 Å². The Hall–Kier alpha value is -0.990. The van der Waals surface area contributed by atoms with Crippen molar-refractivity contribution in [2.24, 2.45) is 0 Å². The number of anilines is 1. The summed E-state index contributed by atoms with van der Waals surface area (Å²) in [5.41, 5.74) is -5.43. The molecule has 2 unspecified atom stereocenters. The number of hydrogen-bond acceptors (Lipinski definition) is 3. The molecular formula is C12H10Cl2F3NO3S. The molecule has 0 spiro atoms. The molecule has 1 fully saturated rings. The van der Waals surface area contributed by atoms with E-state index in [-0.39, 0.29) is 12.2 Å². The Morgan fingerprint density at radius 2 is 1.95 bits per heavy atom. The number of rotatable bonds is 2. The SMILES string of the molecule is CC1(Cl)C(=O)N(c2cccc(S(=O)(=O)C(F)(F)F)c2)CC1Cl. The van der Waals surface area contributed by atoms with E-state index in [1.807, 2.05) is 0 Å². The zero-order chi connectivity index (χ0) is 16.9. The van der Waals surface area contributed by atoms with Gasteiger partial charge in [0.05, 0.1) is 10.3 Å². The largest absolute Gasteiger partial charge is 0.501 e. The Balaban J connectivity index is 2.46. The van der Waals surface area contributed by atoms with Crippen LogP contribution in [-0.4, -0.2) is 36.6 Å². The van der Waals surface area contributed by atoms with Crippen molar-refractivity contribution in [3.8, 4) is 0 Å². The summed E-state index contributed by atoms with van der Waals surface area (Å²) >= 11 is 11.9. The number of alkyl halides is 5. The van der Waals surface area contributed by atoms with Crippen LogP contribution in [-0.2, 0) is 14.6 Å². The molecule has 2 atom stereocenters. The van der Waals surface area contributed by atoms with Crippen molar-refractivity contribution < 1.29 is 26.4 Å². The molecule has 1 saturated heterocycles. The maximum atomic E-state index is 12.6. The summed E-state index contributed by atoms with van der Waals surface area (Å²) in [6.07, 6.45) is 0. The minimum Gasteiger partial charge on any atom is -0.309 e. The van der Waals surface area contributed by atoms with Crippen molar-refractivity contribution in [1.29, 1.82) is 0 Å². The van der Waals surface area contributed by atoms with Gasteiger partial charge in [-0.25, -0.2) is 8.42 Å². The van der Waals surface area contributed by atoms with Gasteiger partial charge in [-0.3, -0.25) is 4.79 Å². The molecule has 0 aliphatic carbocycles. The second kappa shape index (κ2) is 5.28. The lowest BCUT2D eigenvalue weighted by Gasteiger charge is -2.19. The molecule has 10 heteroatoms. The van der Waals surface area contributed by atoms with Crippen molar-refractivity contribution in [2.45, 2.75) is 27.6 Å². The summed E-state index contributed by atoms with van der Waals surface area (Å²) < 4.78 is 60.6. The second-order valence-electron chi connectivity index (χ2n) is 4.91. The van der Waals surface area contributed by atoms with Crippen molar-refractivity contribution >= 4 is 44.6 Å². The van der Waals surface area contributed by atoms with E-state index in [2.05, 4.69) is 0 Å². The number of halogens is 5. The van der Waals surface area contributed by atoms with Crippen LogP contribution < -0.4 is 4.90 Å². The molecule has 1 aliphatic rings. The summed E-state index contributed by atoms with van der Waals surface area (Å²) in [6, 6.07) is 4.02. The van der Waals surface area contributed by atoms with Crippen molar-refractivity contribution in [3.63, 3.8) is 0 Å². The van der Waals surface area contributed by atoms with E-state index < -0.39 is 36.4 Å². The molecule has 1 aromatic rings. The first-order valence-electron chi connectivity index (χ1n) is 5.95. The number of hydrogen-bond donors (Lipinski definition) is 0. The second-order valence-corrected chi connectivity index (χ2v) is 8.16. The molecule has 122 valence electrons. The lowest BCUT2D eigenvalue weighted by molar-refractivity contribution is -0.118. The minimum atomic E-state index is -5.49. The third kappa shape index (κ3) is 2.68. The average molecular weight is 376 g/mol. The van der Waals surface area contributed by atoms with Crippen LogP contribution in [0.15, 0.2) is 29.2 Å². The number of amides is 1. The van der Waals surface area contributed by atoms with Gasteiger partial charge in [0.1, 0.15) is 4.87 Å². The summed E-state index contributed by atoms with van der Waals surface area (Å²) in [5.74, 6) is -0.601. The van der Waals surface area contributed by atoms with Crippen LogP contribution in [0.2, 0.25) is 0 Å². The fourth-order valence-electron chi connectivity index (χ4n) is 1.99. The van der Waals surface area contributed by atoms with Gasteiger partial charge in [0.2, 0.25) is 5.91 Å². The predicted molar refractivity (Wildman–Crippen MR) is 75.9 cm³/mol. The van der Waals surface area contributed by atoms with Crippen LogP contribution in [0.25, 0.3) is 0 Å². The van der Waals surface area contributed by atoms with E-state index >= 15 is 0 Å². The Morgan fingerprint density at radius 1 is 1.36 bits per heavy atom. The molecule has 1 amide bonds. The Labute approximate surface area is 134 Å². The van der Waals surface area contributed by atoms with Gasteiger partial charge in [0, 0.05) is 12.2 Å². The Bertz CT molecular complexity index is 719. The molecule has 2 rings (SSSR count). The quantitative estimate of drug-likeness (QED) is 0.746. The number of carbonyl (C=O) groups is 1. The standard InChI is InChI=1S/C12H10Cl2F3NO3S/c1-11(14)9(13)6-18(10(11)19)7-3-2-4-8(5-7)22(20,21)12(15,16)17/h2-5,9H,6H2,1H3. The number of nitrogens with zero attached hydrogens (tertiary/aromatic N) is 1. The topological polar surface area (TPSA) is 54.5 Å². The first kappa shape index (κ1) is 17.4. The van der Waals surface area contributed by atoms with Crippen molar-refractivity contribution in [1.82, 2.24) is 0 Å². The average Bonchev–Trinajstić information content (AvgIpc) is 2.61. The molecule has 1 heterocycles. The van der Waals surface area contributed by atoms with Crippen molar-refractivity contribution in [2.75, 3.05) is 11.4 Å². The molecule has 0 N–H and O–H groups in total. The van der Waals surface area contributed by atoms with Crippen LogP contribution in [0.3, 0.4) is 0 Å². The first-order valence-corrected chi connectivity index (χ1v) is 8.25. The van der Waals surface area contributed by atoms with E-state index in [0.717, 1.165) is 23.1 Å². The lowest BCUT2D eigenvalue weighted by atomic mass is 10.1. The minimum absolute atomic E-state index is 0.00894. The molecule has 1 aliphatic heterocycles. The van der Waals surface area contributed by atoms with Gasteiger partial charge in [-0.15, -0.1) is 23.2 Å². The van der Waals surface area contributed by atoms with Crippen LogP contribution in [0, 0.1) is 0 Å². The molecule has 0 aromatic heterocycles. The van der Waals surface area contributed by atoms with Gasteiger partial charge >= 0.3 is 5.51 Å². The molecule has 4 nitrogen and oxygen atoms in total. The normalized spacial score (nSPS) is 26.5. The summed E-state index contributed by atoms with van der Waals surface area (Å²) in [7, 11) is -5.49. The van der Waals surface area contributed by atoms with Gasteiger partial charge < -0.3 is 4.90 Å². The molecule has 0 radical (unpaired) electrons. The van der Waals surface area contributed by atoms with Gasteiger partial charge in [-0.2, -0.15) is 13.2 Å². The highest BCUT2D eigenvalue weighted by Gasteiger charge is 2.50. The lowest BCUT2D eigenvalue weighted by Crippen LogP contribution is -2.35. The highest BCUT2D eigenvalue weighted by atomic mass is 35.5. The first-order chi connectivity index (χ1) is 9.89. The highest BCUT2D eigenvalue weighted by molar-refractivity contribution is 7.92. The Morgan fingerprint density at radius 3 is 2.41 bits per heavy atom. The molecular weight excluding hydrogens is 366 g/mol. The van der Waals surface area contributed by atoms with Crippen LogP contribution >= 0.6 is 23.2 Å². The van der Waals surface area contributed by atoms with E-state index in [1.165, 1.54) is 13.0 Å². The summed E-state index contributed by atoms with van der Waals surface area (Å²) in [6.45, 7) is 1.36. The van der Waals surface area contributed by atoms with E-state index in [9.17, 15) is 26.4 Å². The van der Waals surface area contributed by atoms with Gasteiger partial charge in [0.25, 0.3) is 9.84 Å². The van der Waals surface area contributed by atoms with E-state index in [1.54, 1.807) is 0 Å². The number of sulfone groups is 1. The van der Waals surface area contributed by atoms with Crippen molar-refractivity contribution in [3.05, 3.63) is 24.3 Å². The van der Waals surface area contributed by atoms with Gasteiger partial charge in [-0.05, 0) is 25.1 Å². The smallest absolute Gasteiger partial charge is 0.309 e. The zero-order valence-corrected chi connectivity index (χ0v) is 13.4. The number of carbonyl (C=O) groups excluding carboxylic acids is 1. The van der Waals surface area contributed by atoms with E-state index in [0.29, 0.717) is 0 Å². The van der Waals surface area contributed by atoms with Gasteiger partial charge in [-0.1, -0.05) is 6.07 Å². The third-order valence-electron chi connectivity index (χ3n) is 3.34. The fourth-order valence-corrected chi connectivity index (χ4v) is 3.19. The molecule has 0 bridgehead atoms. The number of benzene rings is 1. The fraction of sp³-hybridized carbons (Fsp3) is 0.417. The van der Waals surface area contributed by atoms with Crippen LogP contribution in [0.5, 0.6) is 0 Å². The molecule has 22 heavy (non-hydrogen) atoms. The summed E-state index contributed by atoms with van der Waals surface area (Å²) in [5, 5.41) is -0.760. The van der Waals surface area contributed by atoms with E-state index in [4.69, 9.17) is 23.2 Å². The summed E-state index contributed by atoms with van der Waals surface area (Å²) in [4.78, 5) is 10.9. The Kier molecular flexibility index (Phi) is 4.17. The third-order valence-corrected chi connectivity index (χ3v) is 5.93. The maximum absolute atomic E-state index is 12.6. The monoisotopic (exact) mass is 375 g/mol. The maximum Gasteiger partial charge on any atom is 0.501 e.